The van der Waals surface area contributed by atoms with E-state index >= 15 is 0 Å². The number of amides is 1. The number of hydrogen-bond acceptors (Lipinski definition) is 2. The number of carbonyl (C=O) groups excluding carboxylic acids is 1. The predicted octanol–water partition coefficient (Wildman–Crippen LogP) is 3.47. The first kappa shape index (κ1) is 15.8. The monoisotopic (exact) mass is 283 g/mol. The van der Waals surface area contributed by atoms with Crippen LogP contribution in [0.15, 0.2) is 18.2 Å². The number of carbonyl (C=O) groups is 1. The highest BCUT2D eigenvalue weighted by Crippen LogP contribution is 2.24. The number of aromatic hydroxyl groups is 1. The van der Waals surface area contributed by atoms with Crippen molar-refractivity contribution in [2.45, 2.75) is 40.2 Å². The summed E-state index contributed by atoms with van der Waals surface area (Å²) in [6.07, 6.45) is 0.717. The second kappa shape index (κ2) is 6.29. The SMILES string of the molecule is Cc1c(O)cccc1C(=O)NC(CCCl)C(C)(C)C. The number of alkyl halides is 1. The van der Waals surface area contributed by atoms with Gasteiger partial charge in [0.05, 0.1) is 0 Å². The van der Waals surface area contributed by atoms with Crippen molar-refractivity contribution in [3.05, 3.63) is 29.3 Å². The van der Waals surface area contributed by atoms with Crippen LogP contribution in [-0.4, -0.2) is 22.9 Å². The van der Waals surface area contributed by atoms with Crippen LogP contribution in [0.3, 0.4) is 0 Å². The number of halogens is 1. The molecule has 1 atom stereocenters. The molecule has 0 fully saturated rings. The van der Waals surface area contributed by atoms with E-state index in [1.165, 1.54) is 0 Å². The molecular formula is C15H22ClNO2. The molecule has 2 N–H and O–H groups in total. The lowest BCUT2D eigenvalue weighted by Gasteiger charge is -2.31. The van der Waals surface area contributed by atoms with Crippen molar-refractivity contribution >= 4 is 17.5 Å². The van der Waals surface area contributed by atoms with Crippen molar-refractivity contribution < 1.29 is 9.90 Å². The molecule has 1 amide bonds. The number of benzene rings is 1. The Morgan fingerprint density at radius 1 is 1.42 bits per heavy atom. The van der Waals surface area contributed by atoms with E-state index in [9.17, 15) is 9.90 Å². The number of nitrogens with one attached hydrogen (secondary N) is 1. The van der Waals surface area contributed by atoms with Gasteiger partial charge in [-0.25, -0.2) is 0 Å². The molecule has 0 saturated carbocycles. The molecule has 0 aromatic heterocycles. The van der Waals surface area contributed by atoms with Crippen LogP contribution in [0.2, 0.25) is 0 Å². The molecule has 0 radical (unpaired) electrons. The lowest BCUT2D eigenvalue weighted by molar-refractivity contribution is 0.0899. The maximum atomic E-state index is 12.3. The summed E-state index contributed by atoms with van der Waals surface area (Å²) in [6, 6.07) is 4.96. The standard InChI is InChI=1S/C15H22ClNO2/c1-10-11(6-5-7-12(10)18)14(19)17-13(8-9-16)15(2,3)4/h5-7,13,18H,8-9H2,1-4H3,(H,17,19). The molecule has 1 aromatic carbocycles. The summed E-state index contributed by atoms with van der Waals surface area (Å²) in [5.41, 5.74) is 1.04. The van der Waals surface area contributed by atoms with Gasteiger partial charge >= 0.3 is 0 Å². The van der Waals surface area contributed by atoms with Crippen molar-refractivity contribution in [1.82, 2.24) is 5.32 Å². The van der Waals surface area contributed by atoms with E-state index in [2.05, 4.69) is 26.1 Å². The highest BCUT2D eigenvalue weighted by molar-refractivity contribution is 6.17. The zero-order valence-electron chi connectivity index (χ0n) is 12.0. The average molecular weight is 284 g/mol. The Bertz CT molecular complexity index is 452. The van der Waals surface area contributed by atoms with E-state index < -0.39 is 0 Å². The Morgan fingerprint density at radius 2 is 2.05 bits per heavy atom. The molecule has 0 aliphatic heterocycles. The molecule has 0 spiro atoms. The lowest BCUT2D eigenvalue weighted by atomic mass is 9.85. The van der Waals surface area contributed by atoms with Crippen molar-refractivity contribution in [1.29, 1.82) is 0 Å². The van der Waals surface area contributed by atoms with Gasteiger partial charge in [-0.2, -0.15) is 0 Å². The largest absolute Gasteiger partial charge is 0.508 e. The van der Waals surface area contributed by atoms with E-state index in [-0.39, 0.29) is 23.1 Å². The summed E-state index contributed by atoms with van der Waals surface area (Å²) in [7, 11) is 0. The average Bonchev–Trinajstić information content (AvgIpc) is 2.30. The van der Waals surface area contributed by atoms with Crippen molar-refractivity contribution in [2.75, 3.05) is 5.88 Å². The zero-order chi connectivity index (χ0) is 14.6. The molecule has 1 rings (SSSR count). The summed E-state index contributed by atoms with van der Waals surface area (Å²) >= 11 is 5.80. The summed E-state index contributed by atoms with van der Waals surface area (Å²) in [5, 5.41) is 12.7. The van der Waals surface area contributed by atoms with Crippen LogP contribution >= 0.6 is 11.6 Å². The smallest absolute Gasteiger partial charge is 0.251 e. The van der Waals surface area contributed by atoms with Crippen LogP contribution in [0.25, 0.3) is 0 Å². The molecule has 0 bridgehead atoms. The van der Waals surface area contributed by atoms with E-state index in [1.807, 2.05) is 0 Å². The quantitative estimate of drug-likeness (QED) is 0.831. The van der Waals surface area contributed by atoms with Crippen LogP contribution in [0.5, 0.6) is 5.75 Å². The van der Waals surface area contributed by atoms with Gasteiger partial charge in [-0.1, -0.05) is 26.8 Å². The minimum absolute atomic E-state index is 0.000695. The Morgan fingerprint density at radius 3 is 2.58 bits per heavy atom. The minimum atomic E-state index is -0.168. The molecule has 0 aliphatic rings. The van der Waals surface area contributed by atoms with Crippen LogP contribution < -0.4 is 5.32 Å². The highest BCUT2D eigenvalue weighted by atomic mass is 35.5. The van der Waals surface area contributed by atoms with Gasteiger partial charge in [0.15, 0.2) is 0 Å². The number of hydrogen-bond donors (Lipinski definition) is 2. The summed E-state index contributed by atoms with van der Waals surface area (Å²) in [6.45, 7) is 7.94. The van der Waals surface area contributed by atoms with Crippen molar-refractivity contribution in [3.8, 4) is 5.75 Å². The number of phenolic OH excluding ortho intramolecular Hbond substituents is 1. The van der Waals surface area contributed by atoms with E-state index in [4.69, 9.17) is 11.6 Å². The number of phenols is 1. The van der Waals surface area contributed by atoms with Gasteiger partial charge in [-0.3, -0.25) is 4.79 Å². The Balaban J connectivity index is 2.91. The summed E-state index contributed by atoms with van der Waals surface area (Å²) in [5.74, 6) is 0.470. The van der Waals surface area contributed by atoms with Crippen molar-refractivity contribution in [3.63, 3.8) is 0 Å². The first-order valence-corrected chi connectivity index (χ1v) is 6.96. The molecule has 3 nitrogen and oxygen atoms in total. The van der Waals surface area contributed by atoms with Crippen LogP contribution in [-0.2, 0) is 0 Å². The molecule has 0 saturated heterocycles. The fourth-order valence-electron chi connectivity index (χ4n) is 1.94. The second-order valence-corrected chi connectivity index (χ2v) is 6.20. The highest BCUT2D eigenvalue weighted by Gasteiger charge is 2.26. The molecule has 106 valence electrons. The minimum Gasteiger partial charge on any atom is -0.508 e. The third kappa shape index (κ3) is 4.13. The van der Waals surface area contributed by atoms with Crippen LogP contribution in [0, 0.1) is 12.3 Å². The van der Waals surface area contributed by atoms with Gasteiger partial charge in [-0.15, -0.1) is 11.6 Å². The molecule has 0 heterocycles. The molecule has 4 heteroatoms. The van der Waals surface area contributed by atoms with Crippen molar-refractivity contribution in [2.24, 2.45) is 5.41 Å². The fourth-order valence-corrected chi connectivity index (χ4v) is 2.15. The Labute approximate surface area is 120 Å². The first-order chi connectivity index (χ1) is 8.77. The van der Waals surface area contributed by atoms with E-state index in [0.29, 0.717) is 23.4 Å². The van der Waals surface area contributed by atoms with Gasteiger partial charge in [0, 0.05) is 23.0 Å². The third-order valence-electron chi connectivity index (χ3n) is 3.30. The molecule has 1 unspecified atom stereocenters. The summed E-state index contributed by atoms with van der Waals surface area (Å²) < 4.78 is 0. The van der Waals surface area contributed by atoms with Gasteiger partial charge in [0.25, 0.3) is 5.91 Å². The maximum absolute atomic E-state index is 12.3. The predicted molar refractivity (Wildman–Crippen MR) is 78.9 cm³/mol. The maximum Gasteiger partial charge on any atom is 0.251 e. The summed E-state index contributed by atoms with van der Waals surface area (Å²) in [4.78, 5) is 12.3. The molecule has 0 aliphatic carbocycles. The third-order valence-corrected chi connectivity index (χ3v) is 3.52. The first-order valence-electron chi connectivity index (χ1n) is 6.42. The lowest BCUT2D eigenvalue weighted by Crippen LogP contribution is -2.44. The Kier molecular flexibility index (Phi) is 5.24. The van der Waals surface area contributed by atoms with Gasteiger partial charge in [-0.05, 0) is 30.9 Å². The molecule has 19 heavy (non-hydrogen) atoms. The zero-order valence-corrected chi connectivity index (χ0v) is 12.7. The van der Waals surface area contributed by atoms with Gasteiger partial charge in [0.2, 0.25) is 0 Å². The van der Waals surface area contributed by atoms with E-state index in [1.54, 1.807) is 25.1 Å². The second-order valence-electron chi connectivity index (χ2n) is 5.82. The van der Waals surface area contributed by atoms with Crippen LogP contribution in [0.1, 0.15) is 43.1 Å². The molecule has 1 aromatic rings. The van der Waals surface area contributed by atoms with Gasteiger partial charge < -0.3 is 10.4 Å². The topological polar surface area (TPSA) is 49.3 Å². The van der Waals surface area contributed by atoms with Crippen LogP contribution in [0.4, 0.5) is 0 Å². The molecular weight excluding hydrogens is 262 g/mol. The fraction of sp³-hybridized carbons (Fsp3) is 0.533. The normalized spacial score (nSPS) is 13.1. The number of rotatable bonds is 4. The van der Waals surface area contributed by atoms with E-state index in [0.717, 1.165) is 0 Å². The van der Waals surface area contributed by atoms with Gasteiger partial charge in [0.1, 0.15) is 5.75 Å². The Hall–Kier alpha value is -1.22.